The van der Waals surface area contributed by atoms with Gasteiger partial charge in [0.15, 0.2) is 0 Å². The first-order valence-electron chi connectivity index (χ1n) is 6.65. The van der Waals surface area contributed by atoms with Crippen molar-refractivity contribution in [2.45, 2.75) is 11.1 Å². The molecule has 5 nitrogen and oxygen atoms in total. The summed E-state index contributed by atoms with van der Waals surface area (Å²) < 4.78 is 0.0320. The Kier molecular flexibility index (Phi) is 6.01. The van der Waals surface area contributed by atoms with E-state index in [2.05, 4.69) is 35.1 Å². The summed E-state index contributed by atoms with van der Waals surface area (Å²) in [4.78, 5) is 4.67. The highest BCUT2D eigenvalue weighted by molar-refractivity contribution is 7.99. The molecular weight excluding hydrogens is 294 g/mol. The lowest BCUT2D eigenvalue weighted by Crippen LogP contribution is -2.48. The fourth-order valence-corrected chi connectivity index (χ4v) is 2.76. The van der Waals surface area contributed by atoms with E-state index in [4.69, 9.17) is 10.4 Å². The van der Waals surface area contributed by atoms with E-state index < -0.39 is 0 Å². The van der Waals surface area contributed by atoms with Gasteiger partial charge in [0.1, 0.15) is 0 Å². The van der Waals surface area contributed by atoms with Gasteiger partial charge in [-0.15, -0.1) is 30.5 Å². The summed E-state index contributed by atoms with van der Waals surface area (Å²) in [5.74, 6) is 0. The summed E-state index contributed by atoms with van der Waals surface area (Å²) in [7, 11) is 0. The SMILES string of the molecule is ON(O)c1ccc(CCN2CCN(C(S)S)CC2)cc1. The van der Waals surface area contributed by atoms with Crippen LogP contribution in [0.2, 0.25) is 0 Å². The summed E-state index contributed by atoms with van der Waals surface area (Å²) in [6.07, 6.45) is 0.961. The van der Waals surface area contributed by atoms with Crippen molar-refractivity contribution in [3.8, 4) is 0 Å². The fourth-order valence-electron chi connectivity index (χ4n) is 2.30. The van der Waals surface area contributed by atoms with Crippen molar-refractivity contribution in [1.82, 2.24) is 9.80 Å². The number of hydrogen-bond acceptors (Lipinski definition) is 7. The first kappa shape index (κ1) is 15.9. The molecule has 0 amide bonds. The third kappa shape index (κ3) is 4.54. The average molecular weight is 315 g/mol. The Hall–Kier alpha value is -0.440. The molecule has 0 radical (unpaired) electrons. The minimum atomic E-state index is 0.0320. The fraction of sp³-hybridized carbons (Fsp3) is 0.538. The van der Waals surface area contributed by atoms with E-state index in [1.54, 1.807) is 12.1 Å². The third-order valence-corrected chi connectivity index (χ3v) is 4.27. The van der Waals surface area contributed by atoms with E-state index in [1.807, 2.05) is 12.1 Å². The molecule has 2 rings (SSSR count). The molecule has 20 heavy (non-hydrogen) atoms. The second-order valence-electron chi connectivity index (χ2n) is 4.93. The molecule has 1 aromatic rings. The number of thiol groups is 2. The highest BCUT2D eigenvalue weighted by Gasteiger charge is 2.19. The Morgan fingerprint density at radius 3 is 2.15 bits per heavy atom. The van der Waals surface area contributed by atoms with Crippen molar-refractivity contribution in [2.24, 2.45) is 0 Å². The van der Waals surface area contributed by atoms with Crippen LogP contribution >= 0.6 is 25.3 Å². The molecule has 0 atom stereocenters. The smallest absolute Gasteiger partial charge is 0.0970 e. The molecule has 7 heteroatoms. The molecule has 0 spiro atoms. The number of benzene rings is 1. The molecule has 0 bridgehead atoms. The molecule has 1 heterocycles. The van der Waals surface area contributed by atoms with Crippen molar-refractivity contribution in [1.29, 1.82) is 0 Å². The molecule has 1 aliphatic rings. The van der Waals surface area contributed by atoms with Crippen molar-refractivity contribution < 1.29 is 10.4 Å². The molecule has 1 aromatic carbocycles. The molecular formula is C13H21N3O2S2. The molecule has 112 valence electrons. The van der Waals surface area contributed by atoms with Gasteiger partial charge >= 0.3 is 0 Å². The van der Waals surface area contributed by atoms with Gasteiger partial charge in [-0.3, -0.25) is 15.3 Å². The van der Waals surface area contributed by atoms with Crippen molar-refractivity contribution in [3.63, 3.8) is 0 Å². The number of nitrogens with zero attached hydrogens (tertiary/aromatic N) is 3. The summed E-state index contributed by atoms with van der Waals surface area (Å²) in [5.41, 5.74) is 1.57. The minimum absolute atomic E-state index is 0.0320. The van der Waals surface area contributed by atoms with Crippen LogP contribution in [0.5, 0.6) is 0 Å². The van der Waals surface area contributed by atoms with Crippen LogP contribution in [0.4, 0.5) is 5.69 Å². The minimum Gasteiger partial charge on any atom is -0.300 e. The van der Waals surface area contributed by atoms with Crippen LogP contribution in [0.1, 0.15) is 5.56 Å². The lowest BCUT2D eigenvalue weighted by atomic mass is 10.1. The van der Waals surface area contributed by atoms with Crippen LogP contribution in [-0.2, 0) is 6.42 Å². The van der Waals surface area contributed by atoms with Crippen LogP contribution in [-0.4, -0.2) is 57.6 Å². The number of rotatable bonds is 5. The van der Waals surface area contributed by atoms with E-state index in [-0.39, 0.29) is 9.93 Å². The van der Waals surface area contributed by atoms with E-state index in [0.29, 0.717) is 5.69 Å². The highest BCUT2D eigenvalue weighted by Crippen LogP contribution is 2.14. The van der Waals surface area contributed by atoms with Crippen molar-refractivity contribution >= 4 is 30.9 Å². The van der Waals surface area contributed by atoms with Gasteiger partial charge in [0.25, 0.3) is 0 Å². The molecule has 1 fully saturated rings. The Morgan fingerprint density at radius 1 is 1.05 bits per heavy atom. The van der Waals surface area contributed by atoms with Gasteiger partial charge in [0, 0.05) is 32.7 Å². The van der Waals surface area contributed by atoms with Gasteiger partial charge in [-0.05, 0) is 24.1 Å². The molecule has 2 N–H and O–H groups in total. The van der Waals surface area contributed by atoms with E-state index in [0.717, 1.165) is 39.1 Å². The van der Waals surface area contributed by atoms with Crippen LogP contribution in [0.15, 0.2) is 24.3 Å². The van der Waals surface area contributed by atoms with Crippen LogP contribution in [0.3, 0.4) is 0 Å². The van der Waals surface area contributed by atoms with E-state index in [9.17, 15) is 0 Å². The molecule has 0 aromatic heterocycles. The summed E-state index contributed by atoms with van der Waals surface area (Å²) >= 11 is 8.67. The molecule has 1 saturated heterocycles. The second kappa shape index (κ2) is 7.53. The van der Waals surface area contributed by atoms with Crippen LogP contribution < -0.4 is 5.23 Å². The number of piperazine rings is 1. The Morgan fingerprint density at radius 2 is 1.65 bits per heavy atom. The van der Waals surface area contributed by atoms with Crippen LogP contribution in [0, 0.1) is 0 Å². The lowest BCUT2D eigenvalue weighted by molar-refractivity contribution is 0.0291. The maximum atomic E-state index is 8.88. The lowest BCUT2D eigenvalue weighted by Gasteiger charge is -2.36. The zero-order valence-corrected chi connectivity index (χ0v) is 13.0. The summed E-state index contributed by atoms with van der Waals surface area (Å²) in [6.45, 7) is 5.09. The van der Waals surface area contributed by atoms with Gasteiger partial charge in [0.05, 0.1) is 10.4 Å². The first-order valence-corrected chi connectivity index (χ1v) is 7.69. The maximum Gasteiger partial charge on any atom is 0.0970 e. The predicted octanol–water partition coefficient (Wildman–Crippen LogP) is 1.57. The number of hydrogen-bond donors (Lipinski definition) is 4. The largest absolute Gasteiger partial charge is 0.300 e. The monoisotopic (exact) mass is 315 g/mol. The third-order valence-electron chi connectivity index (χ3n) is 3.62. The van der Waals surface area contributed by atoms with E-state index in [1.165, 1.54) is 5.56 Å². The second-order valence-corrected chi connectivity index (χ2v) is 6.32. The standard InChI is InChI=1S/C13H21N3O2S2/c17-16(18)12-3-1-11(2-4-12)5-6-14-7-9-15(10-8-14)13(19)20/h1-4,13,17-20H,5-10H2. The summed E-state index contributed by atoms with van der Waals surface area (Å²) in [5, 5.41) is 17.9. The van der Waals surface area contributed by atoms with Gasteiger partial charge in [-0.2, -0.15) is 0 Å². The number of anilines is 1. The van der Waals surface area contributed by atoms with Gasteiger partial charge in [-0.25, -0.2) is 0 Å². The zero-order valence-electron chi connectivity index (χ0n) is 11.3. The Balaban J connectivity index is 1.76. The predicted molar refractivity (Wildman–Crippen MR) is 86.0 cm³/mol. The topological polar surface area (TPSA) is 50.2 Å². The molecule has 1 aliphatic heterocycles. The average Bonchev–Trinajstić information content (AvgIpc) is 2.46. The quantitative estimate of drug-likeness (QED) is 0.378. The Labute approximate surface area is 130 Å². The molecule has 0 aliphatic carbocycles. The first-order chi connectivity index (χ1) is 9.56. The van der Waals surface area contributed by atoms with E-state index >= 15 is 0 Å². The molecule has 0 saturated carbocycles. The zero-order chi connectivity index (χ0) is 14.5. The summed E-state index contributed by atoms with van der Waals surface area (Å²) in [6, 6.07) is 7.23. The Bertz CT molecular complexity index is 407. The molecule has 0 unspecified atom stereocenters. The van der Waals surface area contributed by atoms with Crippen molar-refractivity contribution in [3.05, 3.63) is 29.8 Å². The van der Waals surface area contributed by atoms with Gasteiger partial charge < -0.3 is 4.90 Å². The maximum absolute atomic E-state index is 8.88. The van der Waals surface area contributed by atoms with Crippen molar-refractivity contribution in [2.75, 3.05) is 38.0 Å². The highest BCUT2D eigenvalue weighted by atomic mass is 32.2. The van der Waals surface area contributed by atoms with Gasteiger partial charge in [-0.1, -0.05) is 12.1 Å². The van der Waals surface area contributed by atoms with Gasteiger partial charge in [0.2, 0.25) is 0 Å². The van der Waals surface area contributed by atoms with Crippen LogP contribution in [0.25, 0.3) is 0 Å². The normalized spacial score (nSPS) is 17.6.